The molecule has 0 spiro atoms. The second-order valence-corrected chi connectivity index (χ2v) is 5.46. The molecule has 0 aromatic heterocycles. The van der Waals surface area contributed by atoms with Gasteiger partial charge in [-0.2, -0.15) is 48.3 Å². The molecule has 26 heavy (non-hydrogen) atoms. The van der Waals surface area contributed by atoms with Crippen LogP contribution in [-0.2, 0) is 0 Å². The fourth-order valence-electron chi connectivity index (χ4n) is 2.18. The van der Waals surface area contributed by atoms with Crippen LogP contribution in [0.5, 0.6) is 0 Å². The van der Waals surface area contributed by atoms with E-state index in [1.54, 1.807) is 0 Å². The van der Waals surface area contributed by atoms with Gasteiger partial charge in [0.2, 0.25) is 0 Å². The number of benzene rings is 1. The van der Waals surface area contributed by atoms with Gasteiger partial charge in [-0.1, -0.05) is 24.3 Å². The van der Waals surface area contributed by atoms with Crippen molar-refractivity contribution >= 4 is 17.9 Å². The molecule has 0 bridgehead atoms. The molecule has 0 N–H and O–H groups in total. The Bertz CT molecular complexity index is 628. The molecule has 0 amide bonds. The molecule has 0 aliphatic heterocycles. The molecule has 1 atom stereocenters. The Morgan fingerprint density at radius 3 is 1.38 bits per heavy atom. The predicted molar refractivity (Wildman–Crippen MR) is 66.0 cm³/mol. The summed E-state index contributed by atoms with van der Waals surface area (Å²) in [4.78, 5) is 10.4. The maximum atomic E-state index is 13.6. The lowest BCUT2D eigenvalue weighted by Crippen LogP contribution is -2.68. The quantitative estimate of drug-likeness (QED) is 0.326. The Morgan fingerprint density at radius 2 is 1.12 bits per heavy atom. The number of carbonyl (C=O) groups is 1. The molecule has 0 aliphatic rings. The van der Waals surface area contributed by atoms with E-state index in [0.29, 0.717) is 24.3 Å². The molecule has 1 unspecified atom stereocenters. The third-order valence-electron chi connectivity index (χ3n) is 3.49. The molecule has 0 radical (unpaired) electrons. The Balaban J connectivity index is 3.86. The highest BCUT2D eigenvalue weighted by Crippen LogP contribution is 2.69. The van der Waals surface area contributed by atoms with E-state index in [9.17, 15) is 53.1 Å². The van der Waals surface area contributed by atoms with E-state index in [0.717, 1.165) is 0 Å². The summed E-state index contributed by atoms with van der Waals surface area (Å²) >= 11 is 4.98. The lowest BCUT2D eigenvalue weighted by molar-refractivity contribution is -0.449. The van der Waals surface area contributed by atoms with E-state index < -0.39 is 40.8 Å². The zero-order chi connectivity index (χ0) is 20.8. The SMILES string of the molecule is O=Cc1ccc(C(Cl)C(C(F)(F)F)(C(F)(F)F)C(F)(F)C(F)(F)F)cc1. The van der Waals surface area contributed by atoms with E-state index in [4.69, 9.17) is 11.6 Å². The number of alkyl halides is 12. The number of rotatable bonds is 4. The summed E-state index contributed by atoms with van der Waals surface area (Å²) in [6.07, 6.45) is -21.4. The second-order valence-electron chi connectivity index (χ2n) is 5.02. The van der Waals surface area contributed by atoms with Crippen LogP contribution in [0, 0.1) is 5.41 Å². The minimum absolute atomic E-state index is 0.109. The van der Waals surface area contributed by atoms with Crippen molar-refractivity contribution in [3.8, 4) is 0 Å². The maximum Gasteiger partial charge on any atom is 0.454 e. The molecule has 0 heterocycles. The Morgan fingerprint density at radius 1 is 0.731 bits per heavy atom. The smallest absolute Gasteiger partial charge is 0.298 e. The second kappa shape index (κ2) is 6.54. The average Bonchev–Trinajstić information content (AvgIpc) is 2.43. The van der Waals surface area contributed by atoms with Crippen molar-refractivity contribution in [3.05, 3.63) is 35.4 Å². The highest BCUT2D eigenvalue weighted by atomic mass is 35.5. The van der Waals surface area contributed by atoms with Crippen molar-refractivity contribution in [2.24, 2.45) is 5.41 Å². The van der Waals surface area contributed by atoms with E-state index in [1.807, 2.05) is 0 Å². The summed E-state index contributed by atoms with van der Waals surface area (Å²) in [5, 5.41) is -3.90. The Kier molecular flexibility index (Phi) is 5.64. The molecule has 0 saturated carbocycles. The van der Waals surface area contributed by atoms with Crippen LogP contribution in [0.2, 0.25) is 0 Å². The fraction of sp³-hybridized carbons (Fsp3) is 0.462. The highest BCUT2D eigenvalue weighted by molar-refractivity contribution is 6.21. The van der Waals surface area contributed by atoms with Crippen LogP contribution in [0.1, 0.15) is 21.3 Å². The summed E-state index contributed by atoms with van der Waals surface area (Å²) < 4.78 is 144. The van der Waals surface area contributed by atoms with E-state index in [-0.39, 0.29) is 11.8 Å². The number of halogens is 12. The Hall–Kier alpha value is -1.59. The molecule has 1 aromatic rings. The minimum Gasteiger partial charge on any atom is -0.298 e. The first-order valence-corrected chi connectivity index (χ1v) is 6.66. The van der Waals surface area contributed by atoms with Gasteiger partial charge in [0, 0.05) is 5.56 Å². The van der Waals surface area contributed by atoms with Gasteiger partial charge in [0.15, 0.2) is 0 Å². The summed E-state index contributed by atoms with van der Waals surface area (Å²) in [7, 11) is 0. The van der Waals surface area contributed by atoms with Gasteiger partial charge in [0.05, 0.1) is 5.38 Å². The monoisotopic (exact) mass is 422 g/mol. The lowest BCUT2D eigenvalue weighted by atomic mass is 9.73. The molecule has 0 saturated heterocycles. The molecule has 0 fully saturated rings. The standard InChI is InChI=1S/C13H6ClF11O/c14-8(7-3-1-6(5-26)2-4-7)9(11(17,18)19,12(20,21)22)10(15,16)13(23,24)25/h1-5,8H. The molecular weight excluding hydrogens is 417 g/mol. The third-order valence-corrected chi connectivity index (χ3v) is 4.07. The van der Waals surface area contributed by atoms with Crippen molar-refractivity contribution in [1.29, 1.82) is 0 Å². The van der Waals surface area contributed by atoms with Crippen molar-refractivity contribution < 1.29 is 53.1 Å². The van der Waals surface area contributed by atoms with Crippen LogP contribution >= 0.6 is 11.6 Å². The van der Waals surface area contributed by atoms with Crippen LogP contribution in [0.3, 0.4) is 0 Å². The zero-order valence-corrected chi connectivity index (χ0v) is 12.7. The summed E-state index contributed by atoms with van der Waals surface area (Å²) in [5.41, 5.74) is -8.30. The van der Waals surface area contributed by atoms with E-state index in [2.05, 4.69) is 0 Å². The number of carbonyl (C=O) groups excluding carboxylic acids is 1. The third kappa shape index (κ3) is 3.23. The largest absolute Gasteiger partial charge is 0.454 e. The van der Waals surface area contributed by atoms with Crippen molar-refractivity contribution in [1.82, 2.24) is 0 Å². The first-order valence-electron chi connectivity index (χ1n) is 6.22. The van der Waals surface area contributed by atoms with Gasteiger partial charge in [0.1, 0.15) is 6.29 Å². The summed E-state index contributed by atoms with van der Waals surface area (Å²) in [6.45, 7) is 0. The average molecular weight is 423 g/mol. The van der Waals surface area contributed by atoms with Crippen LogP contribution in [-0.4, -0.2) is 30.7 Å². The highest BCUT2D eigenvalue weighted by Gasteiger charge is 2.91. The fourth-order valence-corrected chi connectivity index (χ4v) is 2.71. The topological polar surface area (TPSA) is 17.1 Å². The zero-order valence-electron chi connectivity index (χ0n) is 11.9. The molecule has 1 rings (SSSR count). The van der Waals surface area contributed by atoms with Crippen LogP contribution < -0.4 is 0 Å². The van der Waals surface area contributed by atoms with Crippen LogP contribution in [0.4, 0.5) is 48.3 Å². The number of hydrogen-bond donors (Lipinski definition) is 0. The van der Waals surface area contributed by atoms with E-state index in [1.165, 1.54) is 0 Å². The molecule has 1 nitrogen and oxygen atoms in total. The molecule has 0 aliphatic carbocycles. The minimum atomic E-state index is -7.31. The van der Waals surface area contributed by atoms with Gasteiger partial charge in [-0.15, -0.1) is 11.6 Å². The summed E-state index contributed by atoms with van der Waals surface area (Å²) in [6, 6.07) is 1.86. The normalized spacial score (nSPS) is 15.7. The van der Waals surface area contributed by atoms with Gasteiger partial charge < -0.3 is 0 Å². The first-order chi connectivity index (χ1) is 11.4. The van der Waals surface area contributed by atoms with Gasteiger partial charge in [-0.05, 0) is 5.56 Å². The van der Waals surface area contributed by atoms with Gasteiger partial charge >= 0.3 is 24.5 Å². The van der Waals surface area contributed by atoms with Gasteiger partial charge in [-0.25, -0.2) is 0 Å². The van der Waals surface area contributed by atoms with Crippen molar-refractivity contribution in [2.45, 2.75) is 29.8 Å². The first kappa shape index (κ1) is 22.5. The maximum absolute atomic E-state index is 13.6. The van der Waals surface area contributed by atoms with Gasteiger partial charge in [0.25, 0.3) is 5.41 Å². The number of hydrogen-bond acceptors (Lipinski definition) is 1. The molecular formula is C13H6ClF11O. The summed E-state index contributed by atoms with van der Waals surface area (Å²) in [5.74, 6) is -7.31. The van der Waals surface area contributed by atoms with Crippen LogP contribution in [0.15, 0.2) is 24.3 Å². The molecule has 1 aromatic carbocycles. The van der Waals surface area contributed by atoms with E-state index >= 15 is 0 Å². The molecule has 13 heteroatoms. The Labute approximate surface area is 142 Å². The lowest BCUT2D eigenvalue weighted by Gasteiger charge is -2.45. The number of aldehydes is 1. The van der Waals surface area contributed by atoms with Crippen LogP contribution in [0.25, 0.3) is 0 Å². The van der Waals surface area contributed by atoms with Gasteiger partial charge in [-0.3, -0.25) is 4.79 Å². The van der Waals surface area contributed by atoms with Crippen molar-refractivity contribution in [2.75, 3.05) is 0 Å². The predicted octanol–water partition coefficient (Wildman–Crippen LogP) is 6.09. The molecule has 148 valence electrons. The van der Waals surface area contributed by atoms with Crippen molar-refractivity contribution in [3.63, 3.8) is 0 Å².